The van der Waals surface area contributed by atoms with Gasteiger partial charge < -0.3 is 9.30 Å². The van der Waals surface area contributed by atoms with Crippen molar-refractivity contribution in [3.8, 4) is 0 Å². The van der Waals surface area contributed by atoms with E-state index in [-0.39, 0.29) is 12.0 Å². The third-order valence-corrected chi connectivity index (χ3v) is 2.44. The summed E-state index contributed by atoms with van der Waals surface area (Å²) in [6.07, 6.45) is 1.96. The molecule has 0 radical (unpaired) electrons. The first-order valence-corrected chi connectivity index (χ1v) is 5.13. The first kappa shape index (κ1) is 10.2. The largest absolute Gasteiger partial charge is 0.465 e. The first-order chi connectivity index (χ1) is 7.20. The zero-order valence-corrected chi connectivity index (χ0v) is 8.99. The maximum Gasteiger partial charge on any atom is 0.325 e. The molecule has 0 aliphatic carbocycles. The van der Waals surface area contributed by atoms with Gasteiger partial charge in [0.2, 0.25) is 0 Å². The van der Waals surface area contributed by atoms with E-state index in [1.54, 1.807) is 0 Å². The Bertz CT molecular complexity index is 373. The van der Waals surface area contributed by atoms with E-state index >= 15 is 0 Å². The Balaban J connectivity index is 2.08. The number of carbonyl (C=O) groups is 1. The lowest BCUT2D eigenvalue weighted by molar-refractivity contribution is -0.146. The Morgan fingerprint density at radius 1 is 1.80 bits per heavy atom. The predicted octanol–water partition coefficient (Wildman–Crippen LogP) is 0.226. The van der Waals surface area contributed by atoms with Crippen molar-refractivity contribution in [1.82, 2.24) is 14.9 Å². The van der Waals surface area contributed by atoms with Crippen molar-refractivity contribution in [2.75, 3.05) is 6.61 Å². The molecule has 2 heterocycles. The quantitative estimate of drug-likeness (QED) is 0.708. The average Bonchev–Trinajstić information content (AvgIpc) is 2.57. The van der Waals surface area contributed by atoms with Crippen LogP contribution in [0.4, 0.5) is 0 Å². The summed E-state index contributed by atoms with van der Waals surface area (Å²) in [6.45, 7) is 5.41. The highest BCUT2D eigenvalue weighted by atomic mass is 16.5. The average molecular weight is 209 g/mol. The minimum absolute atomic E-state index is 0.186. The summed E-state index contributed by atoms with van der Waals surface area (Å²) in [7, 11) is 0. The molecule has 0 aromatic carbocycles. The van der Waals surface area contributed by atoms with E-state index in [4.69, 9.17) is 4.74 Å². The van der Waals surface area contributed by atoms with E-state index in [9.17, 15) is 4.79 Å². The van der Waals surface area contributed by atoms with Gasteiger partial charge >= 0.3 is 5.97 Å². The van der Waals surface area contributed by atoms with Crippen LogP contribution < -0.4 is 5.32 Å². The summed E-state index contributed by atoms with van der Waals surface area (Å²) >= 11 is 0. The van der Waals surface area contributed by atoms with Crippen molar-refractivity contribution in [3.63, 3.8) is 0 Å². The number of hydrogen-bond donors (Lipinski definition) is 1. The van der Waals surface area contributed by atoms with Crippen LogP contribution in [0.3, 0.4) is 0 Å². The molecule has 0 fully saturated rings. The summed E-state index contributed by atoms with van der Waals surface area (Å²) in [6, 6.07) is -0.244. The molecule has 2 rings (SSSR count). The second kappa shape index (κ2) is 4.02. The Hall–Kier alpha value is -1.36. The molecule has 0 saturated heterocycles. The summed E-state index contributed by atoms with van der Waals surface area (Å²) in [5.74, 6) is 0.794. The molecule has 1 aliphatic heterocycles. The molecule has 5 heteroatoms. The summed E-state index contributed by atoms with van der Waals surface area (Å²) in [4.78, 5) is 15.8. The second-order valence-electron chi connectivity index (χ2n) is 3.64. The van der Waals surface area contributed by atoms with Gasteiger partial charge in [0.15, 0.2) is 0 Å². The van der Waals surface area contributed by atoms with E-state index in [1.807, 2.05) is 24.6 Å². The predicted molar refractivity (Wildman–Crippen MR) is 54.2 cm³/mol. The minimum Gasteiger partial charge on any atom is -0.465 e. The fourth-order valence-electron chi connectivity index (χ4n) is 1.77. The lowest BCUT2D eigenvalue weighted by Crippen LogP contribution is -2.45. The molecule has 1 atom stereocenters. The Morgan fingerprint density at radius 3 is 3.33 bits per heavy atom. The van der Waals surface area contributed by atoms with Crippen molar-refractivity contribution in [2.45, 2.75) is 33.0 Å². The molecule has 1 unspecified atom stereocenters. The molecule has 15 heavy (non-hydrogen) atoms. The summed E-state index contributed by atoms with van der Waals surface area (Å²) in [5.41, 5.74) is 0.983. The van der Waals surface area contributed by atoms with Crippen LogP contribution in [0.2, 0.25) is 0 Å². The van der Waals surface area contributed by atoms with Crippen molar-refractivity contribution in [2.24, 2.45) is 0 Å². The summed E-state index contributed by atoms with van der Waals surface area (Å²) < 4.78 is 6.98. The van der Waals surface area contributed by atoms with E-state index < -0.39 is 0 Å². The highest BCUT2D eigenvalue weighted by molar-refractivity contribution is 5.75. The van der Waals surface area contributed by atoms with Gasteiger partial charge in [0.05, 0.1) is 18.8 Å². The molecule has 1 aromatic heterocycles. The van der Waals surface area contributed by atoms with E-state index in [0.29, 0.717) is 19.7 Å². The van der Waals surface area contributed by atoms with E-state index in [2.05, 4.69) is 10.3 Å². The number of aromatic nitrogens is 2. The smallest absolute Gasteiger partial charge is 0.325 e. The number of hydrogen-bond acceptors (Lipinski definition) is 4. The van der Waals surface area contributed by atoms with Gasteiger partial charge in [0, 0.05) is 12.7 Å². The number of esters is 1. The number of carbonyl (C=O) groups excluding carboxylic acids is 1. The molecule has 5 nitrogen and oxygen atoms in total. The van der Waals surface area contributed by atoms with Gasteiger partial charge in [0.1, 0.15) is 11.9 Å². The van der Waals surface area contributed by atoms with Crippen molar-refractivity contribution in [1.29, 1.82) is 0 Å². The van der Waals surface area contributed by atoms with Gasteiger partial charge in [0.25, 0.3) is 0 Å². The van der Waals surface area contributed by atoms with Crippen LogP contribution in [0.1, 0.15) is 18.4 Å². The fourth-order valence-corrected chi connectivity index (χ4v) is 1.77. The van der Waals surface area contributed by atoms with Gasteiger partial charge in [-0.25, -0.2) is 4.98 Å². The molecule has 0 saturated carbocycles. The summed E-state index contributed by atoms with van der Waals surface area (Å²) in [5, 5.41) is 3.12. The van der Waals surface area contributed by atoms with Crippen LogP contribution >= 0.6 is 0 Å². The number of rotatable bonds is 2. The fraction of sp³-hybridized carbons (Fsp3) is 0.600. The molecule has 82 valence electrons. The number of aryl methyl sites for hydroxylation is 1. The first-order valence-electron chi connectivity index (χ1n) is 5.13. The molecule has 1 aromatic rings. The topological polar surface area (TPSA) is 56.2 Å². The highest BCUT2D eigenvalue weighted by Crippen LogP contribution is 2.10. The number of imidazole rings is 1. The Kier molecular flexibility index (Phi) is 2.73. The maximum absolute atomic E-state index is 11.5. The Morgan fingerprint density at radius 2 is 2.60 bits per heavy atom. The van der Waals surface area contributed by atoms with Crippen molar-refractivity contribution in [3.05, 3.63) is 17.7 Å². The number of nitrogens with zero attached hydrogens (tertiary/aromatic N) is 2. The zero-order valence-electron chi connectivity index (χ0n) is 8.99. The standard InChI is InChI=1S/C10H15N3O2/c1-3-15-10(14)8-6-13-5-7(2)12-9(13)4-11-8/h5,8,11H,3-4,6H2,1-2H3. The Labute approximate surface area is 88.4 Å². The highest BCUT2D eigenvalue weighted by Gasteiger charge is 2.25. The van der Waals surface area contributed by atoms with Crippen LogP contribution in [0.25, 0.3) is 0 Å². The normalized spacial score (nSPS) is 19.7. The van der Waals surface area contributed by atoms with Crippen LogP contribution in [0.15, 0.2) is 6.20 Å². The molecule has 0 bridgehead atoms. The third kappa shape index (κ3) is 2.02. The van der Waals surface area contributed by atoms with Crippen LogP contribution in [0.5, 0.6) is 0 Å². The van der Waals surface area contributed by atoms with E-state index in [1.165, 1.54) is 0 Å². The maximum atomic E-state index is 11.5. The van der Waals surface area contributed by atoms with Gasteiger partial charge in [-0.2, -0.15) is 0 Å². The third-order valence-electron chi connectivity index (χ3n) is 2.44. The molecular formula is C10H15N3O2. The van der Waals surface area contributed by atoms with Crippen molar-refractivity contribution >= 4 is 5.97 Å². The molecule has 1 aliphatic rings. The molecular weight excluding hydrogens is 194 g/mol. The van der Waals surface area contributed by atoms with Crippen molar-refractivity contribution < 1.29 is 9.53 Å². The monoisotopic (exact) mass is 209 g/mol. The number of nitrogens with one attached hydrogen (secondary N) is 1. The van der Waals surface area contributed by atoms with Gasteiger partial charge in [-0.15, -0.1) is 0 Å². The van der Waals surface area contributed by atoms with Crippen LogP contribution in [-0.4, -0.2) is 28.2 Å². The van der Waals surface area contributed by atoms with Gasteiger partial charge in [-0.05, 0) is 13.8 Å². The van der Waals surface area contributed by atoms with Crippen LogP contribution in [0, 0.1) is 6.92 Å². The lowest BCUT2D eigenvalue weighted by atomic mass is 10.2. The van der Waals surface area contributed by atoms with E-state index in [0.717, 1.165) is 11.5 Å². The zero-order chi connectivity index (χ0) is 10.8. The van der Waals surface area contributed by atoms with Gasteiger partial charge in [-0.1, -0.05) is 0 Å². The minimum atomic E-state index is -0.244. The number of ether oxygens (including phenoxy) is 1. The van der Waals surface area contributed by atoms with Gasteiger partial charge in [-0.3, -0.25) is 10.1 Å². The second-order valence-corrected chi connectivity index (χ2v) is 3.64. The molecule has 1 N–H and O–H groups in total. The SMILES string of the molecule is CCOC(=O)C1Cn2cc(C)nc2CN1. The molecule has 0 spiro atoms. The number of fused-ring (bicyclic) bond motifs is 1. The van der Waals surface area contributed by atoms with Crippen LogP contribution in [-0.2, 0) is 22.6 Å². The molecule has 0 amide bonds. The lowest BCUT2D eigenvalue weighted by Gasteiger charge is -2.23.